The highest BCUT2D eigenvalue weighted by molar-refractivity contribution is 5.73. The number of hydrogen-bond acceptors (Lipinski definition) is 3. The summed E-state index contributed by atoms with van der Waals surface area (Å²) in [4.78, 5) is 23.1. The van der Waals surface area contributed by atoms with Crippen molar-refractivity contribution >= 4 is 12.1 Å². The molecule has 0 heterocycles. The van der Waals surface area contributed by atoms with E-state index >= 15 is 0 Å². The van der Waals surface area contributed by atoms with E-state index in [1.165, 1.54) is 12.8 Å². The van der Waals surface area contributed by atoms with Crippen LogP contribution in [-0.4, -0.2) is 28.3 Å². The maximum Gasteiger partial charge on any atom is 0.408 e. The van der Waals surface area contributed by atoms with E-state index in [1.807, 2.05) is 0 Å². The van der Waals surface area contributed by atoms with Crippen molar-refractivity contribution in [1.29, 1.82) is 0 Å². The summed E-state index contributed by atoms with van der Waals surface area (Å²) >= 11 is 0. The Kier molecular flexibility index (Phi) is 3.73. The number of amides is 1. The quantitative estimate of drug-likeness (QED) is 0.834. The van der Waals surface area contributed by atoms with E-state index in [0.29, 0.717) is 5.41 Å². The van der Waals surface area contributed by atoms with E-state index in [-0.39, 0.29) is 6.42 Å². The summed E-state index contributed by atoms with van der Waals surface area (Å²) in [6.07, 6.45) is 5.46. The van der Waals surface area contributed by atoms with Crippen molar-refractivity contribution in [2.75, 3.05) is 0 Å². The average Bonchev–Trinajstić information content (AvgIpc) is 2.99. The molecular formula is C15H25NO4. The maximum absolute atomic E-state index is 12.0. The van der Waals surface area contributed by atoms with E-state index in [1.54, 1.807) is 20.8 Å². The van der Waals surface area contributed by atoms with Gasteiger partial charge in [0.05, 0.1) is 12.0 Å². The minimum absolute atomic E-state index is 0.0255. The van der Waals surface area contributed by atoms with E-state index in [0.717, 1.165) is 25.7 Å². The molecule has 2 rings (SSSR count). The molecule has 0 atom stereocenters. The van der Waals surface area contributed by atoms with Gasteiger partial charge in [-0.2, -0.15) is 0 Å². The highest BCUT2D eigenvalue weighted by atomic mass is 16.6. The van der Waals surface area contributed by atoms with Gasteiger partial charge in [-0.15, -0.1) is 0 Å². The normalized spacial score (nSPS) is 23.1. The molecule has 0 radical (unpaired) electrons. The predicted molar refractivity (Wildman–Crippen MR) is 74.5 cm³/mol. The zero-order valence-electron chi connectivity index (χ0n) is 12.6. The molecule has 0 bridgehead atoms. The van der Waals surface area contributed by atoms with Crippen LogP contribution in [0, 0.1) is 5.41 Å². The fraction of sp³-hybridized carbons (Fsp3) is 0.867. The van der Waals surface area contributed by atoms with E-state index in [2.05, 4.69) is 5.32 Å². The summed E-state index contributed by atoms with van der Waals surface area (Å²) in [5.74, 6) is -0.868. The fourth-order valence-corrected chi connectivity index (χ4v) is 3.09. The van der Waals surface area contributed by atoms with Gasteiger partial charge in [0.2, 0.25) is 0 Å². The van der Waals surface area contributed by atoms with Crippen LogP contribution in [-0.2, 0) is 9.53 Å². The lowest BCUT2D eigenvalue weighted by Crippen LogP contribution is -2.53. The van der Waals surface area contributed by atoms with E-state index < -0.39 is 23.2 Å². The largest absolute Gasteiger partial charge is 0.481 e. The number of rotatable bonds is 3. The smallest absolute Gasteiger partial charge is 0.408 e. The van der Waals surface area contributed by atoms with Gasteiger partial charge in [-0.3, -0.25) is 4.79 Å². The van der Waals surface area contributed by atoms with Crippen LogP contribution in [0.5, 0.6) is 0 Å². The van der Waals surface area contributed by atoms with Crippen LogP contribution >= 0.6 is 0 Å². The van der Waals surface area contributed by atoms with Gasteiger partial charge in [-0.25, -0.2) is 4.79 Å². The molecule has 0 aromatic carbocycles. The van der Waals surface area contributed by atoms with Gasteiger partial charge < -0.3 is 15.2 Å². The van der Waals surface area contributed by atoms with E-state index in [9.17, 15) is 9.59 Å². The molecular weight excluding hydrogens is 258 g/mol. The van der Waals surface area contributed by atoms with Crippen LogP contribution in [0.3, 0.4) is 0 Å². The molecule has 0 aromatic rings. The summed E-state index contributed by atoms with van der Waals surface area (Å²) in [6, 6.07) is 0. The van der Waals surface area contributed by atoms with Crippen molar-refractivity contribution in [3.63, 3.8) is 0 Å². The first-order valence-electron chi connectivity index (χ1n) is 7.37. The number of ether oxygens (including phenoxy) is 1. The molecule has 2 saturated carbocycles. The second kappa shape index (κ2) is 4.93. The molecule has 1 spiro atoms. The van der Waals surface area contributed by atoms with Gasteiger partial charge in [-0.05, 0) is 64.7 Å². The summed E-state index contributed by atoms with van der Waals surface area (Å²) in [5.41, 5.74) is -0.750. The number of hydrogen-bond donors (Lipinski definition) is 2. The number of nitrogens with one attached hydrogen (secondary N) is 1. The fourth-order valence-electron chi connectivity index (χ4n) is 3.09. The molecule has 0 aromatic heterocycles. The summed E-state index contributed by atoms with van der Waals surface area (Å²) in [6.45, 7) is 5.41. The second-order valence-electron chi connectivity index (χ2n) is 7.48. The summed E-state index contributed by atoms with van der Waals surface area (Å²) < 4.78 is 5.27. The Balaban J connectivity index is 2.00. The van der Waals surface area contributed by atoms with Crippen molar-refractivity contribution in [3.05, 3.63) is 0 Å². The molecule has 2 aliphatic rings. The topological polar surface area (TPSA) is 75.6 Å². The molecule has 2 fully saturated rings. The van der Waals surface area contributed by atoms with Gasteiger partial charge in [0.25, 0.3) is 0 Å². The van der Waals surface area contributed by atoms with Gasteiger partial charge in [0, 0.05) is 0 Å². The third-order valence-electron chi connectivity index (χ3n) is 4.48. The Hall–Kier alpha value is -1.26. The Bertz CT molecular complexity index is 397. The summed E-state index contributed by atoms with van der Waals surface area (Å²) in [5, 5.41) is 12.0. The van der Waals surface area contributed by atoms with Crippen LogP contribution in [0.2, 0.25) is 0 Å². The molecule has 0 saturated heterocycles. The van der Waals surface area contributed by atoms with Crippen molar-refractivity contribution in [2.45, 2.75) is 76.9 Å². The lowest BCUT2D eigenvalue weighted by molar-refractivity contribution is -0.139. The molecule has 5 heteroatoms. The molecule has 20 heavy (non-hydrogen) atoms. The Morgan fingerprint density at radius 3 is 2.00 bits per heavy atom. The number of carboxylic acids is 1. The Labute approximate surface area is 120 Å². The minimum Gasteiger partial charge on any atom is -0.481 e. The average molecular weight is 283 g/mol. The zero-order valence-corrected chi connectivity index (χ0v) is 12.6. The van der Waals surface area contributed by atoms with Gasteiger partial charge in [0.1, 0.15) is 5.60 Å². The standard InChI is InChI=1S/C15H25NO4/c1-13(2,3)20-12(19)16-15(10-11(17)18)8-6-14(4-5-14)7-9-15/h4-10H2,1-3H3,(H,16,19)(H,17,18). The SMILES string of the molecule is CC(C)(C)OC(=O)NC1(CC(=O)O)CCC2(CC2)CC1. The molecule has 0 aliphatic heterocycles. The van der Waals surface area contributed by atoms with Gasteiger partial charge >= 0.3 is 12.1 Å². The van der Waals surface area contributed by atoms with Crippen LogP contribution < -0.4 is 5.32 Å². The highest BCUT2D eigenvalue weighted by Crippen LogP contribution is 2.58. The molecule has 1 amide bonds. The highest BCUT2D eigenvalue weighted by Gasteiger charge is 2.50. The van der Waals surface area contributed by atoms with Crippen molar-refractivity contribution < 1.29 is 19.4 Å². The maximum atomic E-state index is 12.0. The molecule has 2 N–H and O–H groups in total. The lowest BCUT2D eigenvalue weighted by atomic mass is 9.73. The summed E-state index contributed by atoms with van der Waals surface area (Å²) in [7, 11) is 0. The Morgan fingerprint density at radius 2 is 1.60 bits per heavy atom. The second-order valence-corrected chi connectivity index (χ2v) is 7.48. The third-order valence-corrected chi connectivity index (χ3v) is 4.48. The van der Waals surface area contributed by atoms with Gasteiger partial charge in [-0.1, -0.05) is 0 Å². The zero-order chi connectivity index (χ0) is 15.0. The molecule has 0 unspecified atom stereocenters. The van der Waals surface area contributed by atoms with Crippen molar-refractivity contribution in [3.8, 4) is 0 Å². The van der Waals surface area contributed by atoms with Gasteiger partial charge in [0.15, 0.2) is 0 Å². The first-order chi connectivity index (χ1) is 9.14. The number of carbonyl (C=O) groups excluding carboxylic acids is 1. The van der Waals surface area contributed by atoms with E-state index in [4.69, 9.17) is 9.84 Å². The first-order valence-corrected chi connectivity index (χ1v) is 7.37. The number of carbonyl (C=O) groups is 2. The van der Waals surface area contributed by atoms with Crippen molar-refractivity contribution in [2.24, 2.45) is 5.41 Å². The number of alkyl carbamates (subject to hydrolysis) is 1. The van der Waals surface area contributed by atoms with Crippen LogP contribution in [0.4, 0.5) is 4.79 Å². The molecule has 114 valence electrons. The molecule has 2 aliphatic carbocycles. The third kappa shape index (κ3) is 3.87. The first kappa shape index (κ1) is 15.1. The number of carboxylic acid groups (broad SMARTS) is 1. The van der Waals surface area contributed by atoms with Crippen LogP contribution in [0.25, 0.3) is 0 Å². The monoisotopic (exact) mass is 283 g/mol. The minimum atomic E-state index is -0.868. The Morgan fingerprint density at radius 1 is 1.10 bits per heavy atom. The predicted octanol–water partition coefficient (Wildman–Crippen LogP) is 3.08. The van der Waals surface area contributed by atoms with Crippen molar-refractivity contribution in [1.82, 2.24) is 5.32 Å². The molecule has 5 nitrogen and oxygen atoms in total. The van der Waals surface area contributed by atoms with Crippen LogP contribution in [0.1, 0.15) is 65.7 Å². The number of aliphatic carboxylic acids is 1. The van der Waals surface area contributed by atoms with Crippen LogP contribution in [0.15, 0.2) is 0 Å². The lowest BCUT2D eigenvalue weighted by Gasteiger charge is -2.40.